The first-order chi connectivity index (χ1) is 6.95. The highest BCUT2D eigenvalue weighted by Gasteiger charge is 1.93. The number of rotatable bonds is 3. The molecule has 0 atom stereocenters. The maximum atomic E-state index is 2.18. The zero-order valence-corrected chi connectivity index (χ0v) is 13.1. The Morgan fingerprint density at radius 2 is 0.824 bits per heavy atom. The van der Waals surface area contributed by atoms with Crippen LogP contribution >= 0.6 is 34.0 Å². The van der Waals surface area contributed by atoms with Gasteiger partial charge in [0, 0.05) is 0 Å². The van der Waals surface area contributed by atoms with Crippen molar-refractivity contribution >= 4 is 34.0 Å². The van der Waals surface area contributed by atoms with Crippen LogP contribution in [0.1, 0.15) is 11.1 Å². The van der Waals surface area contributed by atoms with Crippen LogP contribution in [0.3, 0.4) is 0 Å². The Morgan fingerprint density at radius 1 is 0.529 bits per heavy atom. The Morgan fingerprint density at radius 3 is 1.12 bits per heavy atom. The van der Waals surface area contributed by atoms with Crippen molar-refractivity contribution in [2.24, 2.45) is 0 Å². The van der Waals surface area contributed by atoms with Crippen molar-refractivity contribution in [2.75, 3.05) is 0 Å². The van der Waals surface area contributed by atoms with Crippen LogP contribution in [0.2, 0.25) is 0 Å². The van der Waals surface area contributed by atoms with Crippen molar-refractivity contribution in [2.45, 2.75) is 12.8 Å². The van der Waals surface area contributed by atoms with Crippen LogP contribution in [-0.2, 0) is 12.8 Å². The molecule has 0 aliphatic heterocycles. The third-order valence-electron chi connectivity index (χ3n) is 2.39. The van der Waals surface area contributed by atoms with Crippen LogP contribution in [-0.4, -0.2) is 0 Å². The minimum Gasteiger partial charge on any atom is -0.344 e. The lowest BCUT2D eigenvalue weighted by atomic mass is 10.0. The Kier molecular flexibility index (Phi) is 11.6. The molecule has 0 saturated heterocycles. The van der Waals surface area contributed by atoms with Crippen molar-refractivity contribution < 1.29 is 0 Å². The molecule has 0 amide bonds. The van der Waals surface area contributed by atoms with Crippen molar-refractivity contribution in [1.29, 1.82) is 0 Å². The fourth-order valence-corrected chi connectivity index (χ4v) is 1.58. The molecule has 3 heteroatoms. The molecule has 0 radical (unpaired) electrons. The summed E-state index contributed by atoms with van der Waals surface area (Å²) in [4.78, 5) is 0. The monoisotopic (exact) mass is 359 g/mol. The maximum absolute atomic E-state index is 2.18. The predicted octanol–water partition coefficient (Wildman–Crippen LogP) is 4.79. The number of hydrogen-bond acceptors (Lipinski definition) is 1. The maximum Gasteiger partial charge on any atom is -0.0238 e. The molecular weight excluding hydrogens is 342 g/mol. The van der Waals surface area contributed by atoms with Crippen LogP contribution in [0.4, 0.5) is 0 Å². The minimum absolute atomic E-state index is 0. The summed E-state index contributed by atoms with van der Waals surface area (Å²) in [5, 5.41) is 0. The van der Waals surface area contributed by atoms with E-state index in [4.69, 9.17) is 0 Å². The van der Waals surface area contributed by atoms with E-state index in [0.717, 1.165) is 12.8 Å². The second-order valence-corrected chi connectivity index (χ2v) is 3.47. The molecule has 0 aliphatic rings. The van der Waals surface area contributed by atoms with Crippen molar-refractivity contribution in [3.05, 3.63) is 71.8 Å². The first-order valence-electron chi connectivity index (χ1n) is 5.03. The summed E-state index contributed by atoms with van der Waals surface area (Å²) in [6, 6.07) is 21.2. The van der Waals surface area contributed by atoms with E-state index in [1.807, 2.05) is 0 Å². The summed E-state index contributed by atoms with van der Waals surface area (Å²) < 4.78 is 0. The second kappa shape index (κ2) is 10.5. The number of hydrogen-bond donors (Lipinski definition) is 1. The van der Waals surface area contributed by atoms with Crippen LogP contribution in [0.25, 0.3) is 0 Å². The molecule has 1 nitrogen and oxygen atoms in total. The molecule has 0 aliphatic carbocycles. The zero-order chi connectivity index (χ0) is 9.64. The largest absolute Gasteiger partial charge is 0.344 e. The fourth-order valence-electron chi connectivity index (χ4n) is 1.58. The van der Waals surface area contributed by atoms with E-state index in [2.05, 4.69) is 60.7 Å². The molecule has 0 heterocycles. The van der Waals surface area contributed by atoms with Crippen LogP contribution in [0, 0.1) is 0 Å². The van der Waals surface area contributed by atoms with Crippen LogP contribution in [0.5, 0.6) is 0 Å². The van der Waals surface area contributed by atoms with Crippen LogP contribution in [0.15, 0.2) is 60.7 Å². The average molecular weight is 361 g/mol. The summed E-state index contributed by atoms with van der Waals surface area (Å²) in [5.74, 6) is 0. The molecule has 0 fully saturated rings. The Labute approximate surface area is 124 Å². The Balaban J connectivity index is 0. The van der Waals surface area contributed by atoms with E-state index >= 15 is 0 Å². The SMILES string of the molecule is Br.Br.N.c1ccc(CCc2ccccc2)cc1. The van der Waals surface area contributed by atoms with Gasteiger partial charge in [0.25, 0.3) is 0 Å². The Hall–Kier alpha value is -0.640. The molecular formula is C14H19Br2N. The number of aryl methyl sites for hydroxylation is 2. The smallest absolute Gasteiger partial charge is 0.0238 e. The second-order valence-electron chi connectivity index (χ2n) is 3.47. The van der Waals surface area contributed by atoms with Gasteiger partial charge in [-0.15, -0.1) is 34.0 Å². The fraction of sp³-hybridized carbons (Fsp3) is 0.143. The molecule has 17 heavy (non-hydrogen) atoms. The third kappa shape index (κ3) is 6.61. The average Bonchev–Trinajstić information content (AvgIpc) is 2.29. The predicted molar refractivity (Wildman–Crippen MR) is 86.0 cm³/mol. The van der Waals surface area contributed by atoms with Gasteiger partial charge in [-0.1, -0.05) is 60.7 Å². The van der Waals surface area contributed by atoms with Gasteiger partial charge in [-0.05, 0) is 24.0 Å². The van der Waals surface area contributed by atoms with Gasteiger partial charge >= 0.3 is 0 Å². The number of benzene rings is 2. The number of halogens is 2. The van der Waals surface area contributed by atoms with E-state index in [1.165, 1.54) is 11.1 Å². The van der Waals surface area contributed by atoms with Gasteiger partial charge in [-0.2, -0.15) is 0 Å². The summed E-state index contributed by atoms with van der Waals surface area (Å²) in [6.07, 6.45) is 2.26. The van der Waals surface area contributed by atoms with Gasteiger partial charge in [-0.3, -0.25) is 0 Å². The molecule has 0 unspecified atom stereocenters. The van der Waals surface area contributed by atoms with E-state index < -0.39 is 0 Å². The van der Waals surface area contributed by atoms with E-state index in [1.54, 1.807) is 0 Å². The molecule has 2 aromatic rings. The standard InChI is InChI=1S/C14H14.2BrH.H3N/c1-3-7-13(8-4-1)11-12-14-9-5-2-6-10-14;;;/h1-10H,11-12H2;2*1H;1H3. The molecule has 94 valence electrons. The quantitative estimate of drug-likeness (QED) is 0.838. The molecule has 2 rings (SSSR count). The molecule has 2 aromatic carbocycles. The highest BCUT2D eigenvalue weighted by Crippen LogP contribution is 2.06. The molecule has 0 aromatic heterocycles. The summed E-state index contributed by atoms with van der Waals surface area (Å²) in [6.45, 7) is 0. The van der Waals surface area contributed by atoms with Crippen molar-refractivity contribution in [3.63, 3.8) is 0 Å². The normalized spacial score (nSPS) is 8.24. The lowest BCUT2D eigenvalue weighted by molar-refractivity contribution is 0.960. The van der Waals surface area contributed by atoms with Gasteiger partial charge < -0.3 is 6.15 Å². The van der Waals surface area contributed by atoms with Gasteiger partial charge in [0.15, 0.2) is 0 Å². The lowest BCUT2D eigenvalue weighted by Crippen LogP contribution is -1.89. The van der Waals surface area contributed by atoms with Gasteiger partial charge in [0.2, 0.25) is 0 Å². The van der Waals surface area contributed by atoms with E-state index in [-0.39, 0.29) is 40.1 Å². The minimum atomic E-state index is 0. The van der Waals surface area contributed by atoms with Crippen molar-refractivity contribution in [1.82, 2.24) is 6.15 Å². The van der Waals surface area contributed by atoms with E-state index in [0.29, 0.717) is 0 Å². The molecule has 0 spiro atoms. The third-order valence-corrected chi connectivity index (χ3v) is 2.39. The van der Waals surface area contributed by atoms with Gasteiger partial charge in [0.05, 0.1) is 0 Å². The zero-order valence-electron chi connectivity index (χ0n) is 9.71. The first-order valence-corrected chi connectivity index (χ1v) is 5.03. The van der Waals surface area contributed by atoms with Gasteiger partial charge in [-0.25, -0.2) is 0 Å². The molecule has 0 bridgehead atoms. The van der Waals surface area contributed by atoms with Crippen molar-refractivity contribution in [3.8, 4) is 0 Å². The summed E-state index contributed by atoms with van der Waals surface area (Å²) in [7, 11) is 0. The molecule has 3 N–H and O–H groups in total. The van der Waals surface area contributed by atoms with E-state index in [9.17, 15) is 0 Å². The van der Waals surface area contributed by atoms with Gasteiger partial charge in [0.1, 0.15) is 0 Å². The highest BCUT2D eigenvalue weighted by molar-refractivity contribution is 8.93. The first kappa shape index (κ1) is 18.7. The summed E-state index contributed by atoms with van der Waals surface area (Å²) in [5.41, 5.74) is 2.83. The van der Waals surface area contributed by atoms with Crippen LogP contribution < -0.4 is 6.15 Å². The topological polar surface area (TPSA) is 35.0 Å². The molecule has 0 saturated carbocycles. The summed E-state index contributed by atoms with van der Waals surface area (Å²) >= 11 is 0. The Bertz CT molecular complexity index is 336. The lowest BCUT2D eigenvalue weighted by Gasteiger charge is -2.01. The highest BCUT2D eigenvalue weighted by atomic mass is 79.9.